The van der Waals surface area contributed by atoms with Crippen molar-refractivity contribution in [3.05, 3.63) is 54.1 Å². The van der Waals surface area contributed by atoms with Crippen LogP contribution >= 0.6 is 0 Å². The number of rotatable bonds is 6. The van der Waals surface area contributed by atoms with E-state index in [-0.39, 0.29) is 5.97 Å². The van der Waals surface area contributed by atoms with Crippen LogP contribution < -0.4 is 4.90 Å². The molecule has 2 fully saturated rings. The molecule has 0 bridgehead atoms. The first-order valence-corrected chi connectivity index (χ1v) is 8.87. The van der Waals surface area contributed by atoms with E-state index in [0.29, 0.717) is 18.8 Å². The average Bonchev–Trinajstić information content (AvgIpc) is 3.02. The van der Waals surface area contributed by atoms with Crippen molar-refractivity contribution < 1.29 is 9.53 Å². The maximum atomic E-state index is 11.7. The number of hydrogen-bond donors (Lipinski definition) is 0. The van der Waals surface area contributed by atoms with Crippen molar-refractivity contribution in [2.75, 3.05) is 24.6 Å². The zero-order valence-corrected chi connectivity index (χ0v) is 14.5. The number of piperidine rings is 1. The molecule has 2 unspecified atom stereocenters. The first-order chi connectivity index (χ1) is 12.2. The van der Waals surface area contributed by atoms with E-state index in [1.165, 1.54) is 25.2 Å². The number of anilines is 1. The lowest BCUT2D eigenvalue weighted by Gasteiger charge is -2.21. The highest BCUT2D eigenvalue weighted by Crippen LogP contribution is 2.46. The third-order valence-electron chi connectivity index (χ3n) is 5.16. The molecular formula is C20H23N3O2. The maximum absolute atomic E-state index is 11.7. The highest BCUT2D eigenvalue weighted by atomic mass is 16.5. The van der Waals surface area contributed by atoms with Gasteiger partial charge in [-0.15, -0.1) is 0 Å². The Morgan fingerprint density at radius 1 is 1.40 bits per heavy atom. The van der Waals surface area contributed by atoms with E-state index in [0.717, 1.165) is 23.0 Å². The molecule has 0 amide bonds. The standard InChI is InChI=1S/C20H23N3O2/c1-3-14-8-18(23-10-16-7-17(16)11-23)6-5-15(14)9-22-12-19(21-13-22)20(24)25-4-2/h3,5-6,8,12-13,16-17H,1,4,7,9-11H2,2H3. The van der Waals surface area contributed by atoms with Crippen LogP contribution in [0.15, 0.2) is 37.3 Å². The number of carbonyl (C=O) groups excluding carboxylic acids is 1. The number of esters is 1. The topological polar surface area (TPSA) is 47.4 Å². The monoisotopic (exact) mass is 337 g/mol. The van der Waals surface area contributed by atoms with Crippen molar-refractivity contribution in [1.82, 2.24) is 9.55 Å². The van der Waals surface area contributed by atoms with E-state index in [1.807, 2.05) is 10.6 Å². The second-order valence-corrected chi connectivity index (χ2v) is 6.90. The largest absolute Gasteiger partial charge is 0.461 e. The molecule has 1 aliphatic carbocycles. The van der Waals surface area contributed by atoms with Gasteiger partial charge in [0.25, 0.3) is 0 Å². The van der Waals surface area contributed by atoms with E-state index in [4.69, 9.17) is 4.74 Å². The first kappa shape index (κ1) is 15.9. The summed E-state index contributed by atoms with van der Waals surface area (Å²) in [6.07, 6.45) is 6.71. The minimum absolute atomic E-state index is 0.343. The third kappa shape index (κ3) is 3.18. The fourth-order valence-electron chi connectivity index (χ4n) is 3.68. The Balaban J connectivity index is 1.50. The molecule has 1 aliphatic heterocycles. The Bertz CT molecular complexity index is 801. The van der Waals surface area contributed by atoms with Gasteiger partial charge in [-0.1, -0.05) is 18.7 Å². The number of aromatic nitrogens is 2. The van der Waals surface area contributed by atoms with E-state index >= 15 is 0 Å². The molecule has 1 aromatic heterocycles. The molecule has 2 aromatic rings. The van der Waals surface area contributed by atoms with E-state index in [9.17, 15) is 4.79 Å². The summed E-state index contributed by atoms with van der Waals surface area (Å²) >= 11 is 0. The van der Waals surface area contributed by atoms with Crippen LogP contribution in [-0.4, -0.2) is 35.2 Å². The molecule has 0 spiro atoms. The summed E-state index contributed by atoms with van der Waals surface area (Å²) in [6, 6.07) is 6.56. The van der Waals surface area contributed by atoms with Gasteiger partial charge in [0.05, 0.1) is 12.9 Å². The minimum Gasteiger partial charge on any atom is -0.461 e. The van der Waals surface area contributed by atoms with Crippen molar-refractivity contribution in [3.8, 4) is 0 Å². The van der Waals surface area contributed by atoms with Crippen molar-refractivity contribution in [2.45, 2.75) is 19.9 Å². The van der Waals surface area contributed by atoms with Crippen LogP contribution in [0.1, 0.15) is 35.0 Å². The lowest BCUT2D eigenvalue weighted by Crippen LogP contribution is -2.21. The molecule has 1 saturated heterocycles. The van der Waals surface area contributed by atoms with Gasteiger partial charge in [-0.25, -0.2) is 9.78 Å². The zero-order valence-electron chi connectivity index (χ0n) is 14.5. The SMILES string of the molecule is C=Cc1cc(N2CC3CC3C2)ccc1Cn1cnc(C(=O)OCC)c1. The summed E-state index contributed by atoms with van der Waals surface area (Å²) in [4.78, 5) is 18.3. The summed E-state index contributed by atoms with van der Waals surface area (Å²) in [5.74, 6) is 1.45. The molecule has 25 heavy (non-hydrogen) atoms. The summed E-state index contributed by atoms with van der Waals surface area (Å²) < 4.78 is 6.89. The second kappa shape index (κ2) is 6.39. The average molecular weight is 337 g/mol. The van der Waals surface area contributed by atoms with Gasteiger partial charge >= 0.3 is 5.97 Å². The molecule has 2 aliphatic rings. The van der Waals surface area contributed by atoms with Crippen LogP contribution in [0.5, 0.6) is 0 Å². The smallest absolute Gasteiger partial charge is 0.358 e. The Kier molecular flexibility index (Phi) is 4.07. The highest BCUT2D eigenvalue weighted by Gasteiger charge is 2.45. The summed E-state index contributed by atoms with van der Waals surface area (Å²) in [6.45, 7) is 9.13. The van der Waals surface area contributed by atoms with Crippen molar-refractivity contribution in [2.24, 2.45) is 11.8 Å². The quantitative estimate of drug-likeness (QED) is 0.760. The Labute approximate surface area is 147 Å². The van der Waals surface area contributed by atoms with Crippen LogP contribution in [0.4, 0.5) is 5.69 Å². The number of carbonyl (C=O) groups is 1. The Morgan fingerprint density at radius 3 is 2.92 bits per heavy atom. The van der Waals surface area contributed by atoms with E-state index in [1.54, 1.807) is 19.4 Å². The Morgan fingerprint density at radius 2 is 2.20 bits per heavy atom. The predicted molar refractivity (Wildman–Crippen MR) is 97.6 cm³/mol. The fourth-order valence-corrected chi connectivity index (χ4v) is 3.68. The molecule has 4 rings (SSSR count). The van der Waals surface area contributed by atoms with E-state index in [2.05, 4.69) is 34.7 Å². The molecule has 2 heterocycles. The number of hydrogen-bond acceptors (Lipinski definition) is 4. The number of imidazole rings is 1. The second-order valence-electron chi connectivity index (χ2n) is 6.90. The molecule has 0 N–H and O–H groups in total. The van der Waals surface area contributed by atoms with Gasteiger partial charge < -0.3 is 14.2 Å². The van der Waals surface area contributed by atoms with Crippen LogP contribution in [-0.2, 0) is 11.3 Å². The van der Waals surface area contributed by atoms with Gasteiger partial charge in [0.15, 0.2) is 5.69 Å². The predicted octanol–water partition coefficient (Wildman–Crippen LogP) is 3.21. The lowest BCUT2D eigenvalue weighted by atomic mass is 10.1. The lowest BCUT2D eigenvalue weighted by molar-refractivity contribution is 0.0520. The summed E-state index contributed by atoms with van der Waals surface area (Å²) in [5, 5.41) is 0. The van der Waals surface area contributed by atoms with Crippen LogP contribution in [0, 0.1) is 11.8 Å². The third-order valence-corrected chi connectivity index (χ3v) is 5.16. The normalized spacial score (nSPS) is 21.1. The minimum atomic E-state index is -0.381. The zero-order chi connectivity index (χ0) is 17.4. The maximum Gasteiger partial charge on any atom is 0.358 e. The number of benzene rings is 1. The van der Waals surface area contributed by atoms with Crippen LogP contribution in [0.2, 0.25) is 0 Å². The van der Waals surface area contributed by atoms with E-state index < -0.39 is 0 Å². The van der Waals surface area contributed by atoms with Gasteiger partial charge in [0.2, 0.25) is 0 Å². The molecule has 5 heteroatoms. The van der Waals surface area contributed by atoms with Gasteiger partial charge in [-0.3, -0.25) is 0 Å². The van der Waals surface area contributed by atoms with Crippen LogP contribution in [0.3, 0.4) is 0 Å². The first-order valence-electron chi connectivity index (χ1n) is 8.87. The van der Waals surface area contributed by atoms with Gasteiger partial charge in [0.1, 0.15) is 0 Å². The molecule has 0 radical (unpaired) electrons. The molecule has 5 nitrogen and oxygen atoms in total. The molecule has 1 aromatic carbocycles. The molecular weight excluding hydrogens is 314 g/mol. The van der Waals surface area contributed by atoms with Gasteiger partial charge in [0, 0.05) is 31.5 Å². The molecule has 1 saturated carbocycles. The van der Waals surface area contributed by atoms with Crippen molar-refractivity contribution >= 4 is 17.7 Å². The summed E-state index contributed by atoms with van der Waals surface area (Å²) in [5.41, 5.74) is 3.92. The van der Waals surface area contributed by atoms with Gasteiger partial charge in [-0.05, 0) is 48.4 Å². The Hall–Kier alpha value is -2.56. The van der Waals surface area contributed by atoms with Crippen LogP contribution in [0.25, 0.3) is 6.08 Å². The molecule has 130 valence electrons. The van der Waals surface area contributed by atoms with Crippen molar-refractivity contribution in [3.63, 3.8) is 0 Å². The number of ether oxygens (including phenoxy) is 1. The number of fused-ring (bicyclic) bond motifs is 1. The number of nitrogens with zero attached hydrogens (tertiary/aromatic N) is 3. The highest BCUT2D eigenvalue weighted by molar-refractivity contribution is 5.86. The summed E-state index contributed by atoms with van der Waals surface area (Å²) in [7, 11) is 0. The van der Waals surface area contributed by atoms with Crippen molar-refractivity contribution in [1.29, 1.82) is 0 Å². The van der Waals surface area contributed by atoms with Gasteiger partial charge in [-0.2, -0.15) is 0 Å². The molecule has 2 atom stereocenters. The fraction of sp³-hybridized carbons (Fsp3) is 0.400.